The summed E-state index contributed by atoms with van der Waals surface area (Å²) in [4.78, 5) is 4.74. The molecular formula is C16H33N3O3S. The van der Waals surface area contributed by atoms with E-state index in [4.69, 9.17) is 9.73 Å². The van der Waals surface area contributed by atoms with Gasteiger partial charge >= 0.3 is 0 Å². The van der Waals surface area contributed by atoms with Crippen molar-refractivity contribution in [3.05, 3.63) is 0 Å². The molecule has 0 aliphatic heterocycles. The van der Waals surface area contributed by atoms with Crippen molar-refractivity contribution in [1.82, 2.24) is 10.6 Å². The van der Waals surface area contributed by atoms with Crippen molar-refractivity contribution in [2.75, 3.05) is 44.9 Å². The van der Waals surface area contributed by atoms with E-state index in [-0.39, 0.29) is 12.4 Å². The molecule has 1 aliphatic carbocycles. The molecule has 1 fully saturated rings. The summed E-state index contributed by atoms with van der Waals surface area (Å²) >= 11 is 0. The molecule has 1 aliphatic rings. The fourth-order valence-corrected chi connectivity index (χ4v) is 3.31. The van der Waals surface area contributed by atoms with Crippen LogP contribution in [0.4, 0.5) is 0 Å². The first-order chi connectivity index (χ1) is 10.9. The van der Waals surface area contributed by atoms with Crippen LogP contribution < -0.4 is 10.6 Å². The molecule has 1 saturated carbocycles. The van der Waals surface area contributed by atoms with Crippen molar-refractivity contribution < 1.29 is 13.2 Å². The van der Waals surface area contributed by atoms with Gasteiger partial charge in [-0.3, -0.25) is 4.99 Å². The van der Waals surface area contributed by atoms with Crippen LogP contribution in [0.5, 0.6) is 0 Å². The lowest BCUT2D eigenvalue weighted by atomic mass is 9.84. The van der Waals surface area contributed by atoms with Crippen molar-refractivity contribution in [2.24, 2.45) is 10.4 Å². The average Bonchev–Trinajstić information content (AvgIpc) is 2.96. The normalized spacial score (nSPS) is 18.1. The number of rotatable bonds is 10. The molecule has 7 heteroatoms. The maximum atomic E-state index is 11.0. The van der Waals surface area contributed by atoms with Crippen LogP contribution in [0.25, 0.3) is 0 Å². The molecule has 0 unspecified atom stereocenters. The summed E-state index contributed by atoms with van der Waals surface area (Å²) in [6.07, 6.45) is 7.60. The SMILES string of the molecule is CCNC(=NCC1(CC)CCCC1)NCCOCCS(C)(=O)=O. The number of sulfone groups is 1. The molecule has 0 radical (unpaired) electrons. The van der Waals surface area contributed by atoms with E-state index in [2.05, 4.69) is 17.6 Å². The predicted octanol–water partition coefficient (Wildman–Crippen LogP) is 1.57. The lowest BCUT2D eigenvalue weighted by Gasteiger charge is -2.25. The molecule has 23 heavy (non-hydrogen) atoms. The smallest absolute Gasteiger partial charge is 0.191 e. The molecule has 0 aromatic heterocycles. The Balaban J connectivity index is 2.32. The summed E-state index contributed by atoms with van der Waals surface area (Å²) < 4.78 is 27.3. The van der Waals surface area contributed by atoms with E-state index in [1.54, 1.807) is 0 Å². The van der Waals surface area contributed by atoms with E-state index in [0.717, 1.165) is 19.0 Å². The first-order valence-corrected chi connectivity index (χ1v) is 10.7. The quantitative estimate of drug-likeness (QED) is 0.356. The number of hydrogen-bond donors (Lipinski definition) is 2. The molecule has 136 valence electrons. The van der Waals surface area contributed by atoms with E-state index in [9.17, 15) is 8.42 Å². The average molecular weight is 348 g/mol. The van der Waals surface area contributed by atoms with Crippen LogP contribution in [0, 0.1) is 5.41 Å². The second-order valence-corrected chi connectivity index (χ2v) is 8.68. The number of aliphatic imine (C=N–C) groups is 1. The minimum absolute atomic E-state index is 0.0696. The highest BCUT2D eigenvalue weighted by molar-refractivity contribution is 7.90. The standard InChI is InChI=1S/C16H33N3O3S/c1-4-16(8-6-7-9-16)14-19-15(17-5-2)18-10-11-22-12-13-23(3,20)21/h4-14H2,1-3H3,(H2,17,18,19). The van der Waals surface area contributed by atoms with Crippen molar-refractivity contribution in [3.63, 3.8) is 0 Å². The first kappa shape index (κ1) is 20.2. The van der Waals surface area contributed by atoms with E-state index in [0.29, 0.717) is 18.6 Å². The summed E-state index contributed by atoms with van der Waals surface area (Å²) in [7, 11) is -2.95. The summed E-state index contributed by atoms with van der Waals surface area (Å²) in [6.45, 7) is 7.33. The van der Waals surface area contributed by atoms with Crippen LogP contribution in [-0.4, -0.2) is 59.2 Å². The van der Waals surface area contributed by atoms with Crippen molar-refractivity contribution in [3.8, 4) is 0 Å². The molecule has 0 aromatic rings. The molecule has 6 nitrogen and oxygen atoms in total. The molecule has 0 heterocycles. The van der Waals surface area contributed by atoms with E-state index in [1.807, 2.05) is 6.92 Å². The van der Waals surface area contributed by atoms with Gasteiger partial charge in [-0.05, 0) is 31.6 Å². The second kappa shape index (κ2) is 10.1. The van der Waals surface area contributed by atoms with Crippen molar-refractivity contribution in [2.45, 2.75) is 46.0 Å². The molecule has 0 aromatic carbocycles. The Morgan fingerprint density at radius 1 is 1.17 bits per heavy atom. The minimum atomic E-state index is -2.95. The van der Waals surface area contributed by atoms with Crippen LogP contribution >= 0.6 is 0 Å². The number of hydrogen-bond acceptors (Lipinski definition) is 4. The third-order valence-corrected chi connectivity index (χ3v) is 5.38. The third kappa shape index (κ3) is 8.55. The highest BCUT2D eigenvalue weighted by Crippen LogP contribution is 2.41. The zero-order chi connectivity index (χ0) is 17.2. The van der Waals surface area contributed by atoms with Gasteiger partial charge in [0.05, 0.1) is 19.0 Å². The Labute approximate surface area is 141 Å². The fraction of sp³-hybridized carbons (Fsp3) is 0.938. The van der Waals surface area contributed by atoms with Gasteiger partial charge in [-0.25, -0.2) is 8.42 Å². The van der Waals surface area contributed by atoms with Gasteiger partial charge in [0.2, 0.25) is 0 Å². The Morgan fingerprint density at radius 3 is 2.43 bits per heavy atom. The topological polar surface area (TPSA) is 79.8 Å². The van der Waals surface area contributed by atoms with Gasteiger partial charge in [0.1, 0.15) is 9.84 Å². The number of guanidine groups is 1. The Kier molecular flexibility index (Phi) is 8.91. The van der Waals surface area contributed by atoms with Crippen molar-refractivity contribution in [1.29, 1.82) is 0 Å². The maximum Gasteiger partial charge on any atom is 0.191 e. The van der Waals surface area contributed by atoms with E-state index >= 15 is 0 Å². The predicted molar refractivity (Wildman–Crippen MR) is 95.7 cm³/mol. The van der Waals surface area contributed by atoms with Gasteiger partial charge in [0.15, 0.2) is 5.96 Å². The van der Waals surface area contributed by atoms with Gasteiger partial charge in [0, 0.05) is 25.9 Å². The molecule has 0 bridgehead atoms. The Hall–Kier alpha value is -0.820. The minimum Gasteiger partial charge on any atom is -0.379 e. The van der Waals surface area contributed by atoms with Crippen molar-refractivity contribution >= 4 is 15.8 Å². The second-order valence-electron chi connectivity index (χ2n) is 6.42. The van der Waals surface area contributed by atoms with Gasteiger partial charge in [-0.1, -0.05) is 19.8 Å². The largest absolute Gasteiger partial charge is 0.379 e. The van der Waals surface area contributed by atoms with E-state index in [1.165, 1.54) is 38.4 Å². The fourth-order valence-electron chi connectivity index (χ4n) is 2.89. The summed E-state index contributed by atoms with van der Waals surface area (Å²) in [5, 5.41) is 6.50. The van der Waals surface area contributed by atoms with Crippen LogP contribution in [0.1, 0.15) is 46.0 Å². The molecule has 0 spiro atoms. The van der Waals surface area contributed by atoms with Crippen LogP contribution in [0.2, 0.25) is 0 Å². The van der Waals surface area contributed by atoms with Gasteiger partial charge in [-0.15, -0.1) is 0 Å². The first-order valence-electron chi connectivity index (χ1n) is 8.68. The molecule has 0 atom stereocenters. The number of ether oxygens (including phenoxy) is 1. The molecule has 1 rings (SSSR count). The number of nitrogens with zero attached hydrogens (tertiary/aromatic N) is 1. The Bertz CT molecular complexity index is 457. The lowest BCUT2D eigenvalue weighted by Crippen LogP contribution is -2.40. The van der Waals surface area contributed by atoms with Crippen LogP contribution in [0.15, 0.2) is 4.99 Å². The van der Waals surface area contributed by atoms with E-state index < -0.39 is 9.84 Å². The summed E-state index contributed by atoms with van der Waals surface area (Å²) in [5.74, 6) is 0.888. The van der Waals surface area contributed by atoms with Gasteiger partial charge in [-0.2, -0.15) is 0 Å². The summed E-state index contributed by atoms with van der Waals surface area (Å²) in [5.41, 5.74) is 0.383. The highest BCUT2D eigenvalue weighted by atomic mass is 32.2. The monoisotopic (exact) mass is 347 g/mol. The zero-order valence-electron chi connectivity index (χ0n) is 14.9. The number of nitrogens with one attached hydrogen (secondary N) is 2. The maximum absolute atomic E-state index is 11.0. The van der Waals surface area contributed by atoms with Gasteiger partial charge < -0.3 is 15.4 Å². The van der Waals surface area contributed by atoms with Gasteiger partial charge in [0.25, 0.3) is 0 Å². The lowest BCUT2D eigenvalue weighted by molar-refractivity contribution is 0.154. The molecule has 0 saturated heterocycles. The highest BCUT2D eigenvalue weighted by Gasteiger charge is 2.31. The third-order valence-electron chi connectivity index (χ3n) is 4.47. The van der Waals surface area contributed by atoms with Crippen LogP contribution in [-0.2, 0) is 14.6 Å². The summed E-state index contributed by atoms with van der Waals surface area (Å²) in [6, 6.07) is 0. The molecular weight excluding hydrogens is 314 g/mol. The molecule has 2 N–H and O–H groups in total. The van der Waals surface area contributed by atoms with Crippen LogP contribution in [0.3, 0.4) is 0 Å². The zero-order valence-corrected chi connectivity index (χ0v) is 15.7. The Morgan fingerprint density at radius 2 is 1.87 bits per heavy atom. The molecule has 0 amide bonds.